The van der Waals surface area contributed by atoms with E-state index in [1.165, 1.54) is 11.1 Å². The van der Waals surface area contributed by atoms with Gasteiger partial charge in [-0.1, -0.05) is 55.5 Å². The van der Waals surface area contributed by atoms with Gasteiger partial charge in [0.25, 0.3) is 0 Å². The highest BCUT2D eigenvalue weighted by atomic mass is 32.1. The smallest absolute Gasteiger partial charge is 0.171 e. The van der Waals surface area contributed by atoms with Crippen molar-refractivity contribution in [3.8, 4) is 0 Å². The topological polar surface area (TPSA) is 27.3 Å². The van der Waals surface area contributed by atoms with Gasteiger partial charge in [0, 0.05) is 31.4 Å². The summed E-state index contributed by atoms with van der Waals surface area (Å²) in [6, 6.07) is 19.5. The van der Waals surface area contributed by atoms with Crippen molar-refractivity contribution in [3.63, 3.8) is 0 Å². The number of nitrogens with zero attached hydrogens (tertiary/aromatic N) is 1. The lowest BCUT2D eigenvalue weighted by Gasteiger charge is -2.33. The number of rotatable bonds is 5. The van der Waals surface area contributed by atoms with E-state index in [1.54, 1.807) is 0 Å². The zero-order valence-electron chi connectivity index (χ0n) is 14.9. The van der Waals surface area contributed by atoms with Gasteiger partial charge in [-0.25, -0.2) is 0 Å². The van der Waals surface area contributed by atoms with Crippen LogP contribution in [-0.4, -0.2) is 29.1 Å². The van der Waals surface area contributed by atoms with Gasteiger partial charge in [0.05, 0.1) is 0 Å². The van der Waals surface area contributed by atoms with E-state index in [0.29, 0.717) is 6.04 Å². The van der Waals surface area contributed by atoms with Crippen LogP contribution in [0.3, 0.4) is 0 Å². The van der Waals surface area contributed by atoms with Crippen LogP contribution in [0.5, 0.6) is 0 Å². The minimum absolute atomic E-state index is 0.459. The average molecular weight is 354 g/mol. The summed E-state index contributed by atoms with van der Waals surface area (Å²) < 4.78 is 0. The molecule has 0 saturated carbocycles. The Labute approximate surface area is 156 Å². The quantitative estimate of drug-likeness (QED) is 0.788. The van der Waals surface area contributed by atoms with Gasteiger partial charge < -0.3 is 10.6 Å². The summed E-state index contributed by atoms with van der Waals surface area (Å²) in [6.07, 6.45) is 3.26. The number of anilines is 1. The summed E-state index contributed by atoms with van der Waals surface area (Å²) in [6.45, 7) is 5.43. The van der Waals surface area contributed by atoms with Crippen molar-refractivity contribution in [2.45, 2.75) is 38.8 Å². The maximum absolute atomic E-state index is 5.52. The Morgan fingerprint density at radius 3 is 2.44 bits per heavy atom. The molecule has 2 N–H and O–H groups in total. The van der Waals surface area contributed by atoms with E-state index < -0.39 is 0 Å². The van der Waals surface area contributed by atoms with Crippen molar-refractivity contribution in [2.24, 2.45) is 0 Å². The van der Waals surface area contributed by atoms with Gasteiger partial charge >= 0.3 is 0 Å². The molecule has 0 atom stereocenters. The number of para-hydroxylation sites is 1. The molecule has 25 heavy (non-hydrogen) atoms. The van der Waals surface area contributed by atoms with Crippen molar-refractivity contribution >= 4 is 23.0 Å². The van der Waals surface area contributed by atoms with E-state index in [9.17, 15) is 0 Å². The number of piperidine rings is 1. The second-order valence-electron chi connectivity index (χ2n) is 6.65. The third-order valence-corrected chi connectivity index (χ3v) is 5.04. The molecule has 3 rings (SSSR count). The number of hydrogen-bond donors (Lipinski definition) is 2. The number of nitrogens with one attached hydrogen (secondary N) is 2. The number of thiocarbonyl (C=S) groups is 1. The van der Waals surface area contributed by atoms with E-state index in [-0.39, 0.29) is 0 Å². The molecule has 1 saturated heterocycles. The van der Waals surface area contributed by atoms with Crippen LogP contribution in [0.4, 0.5) is 5.69 Å². The number of aryl methyl sites for hydroxylation is 1. The second kappa shape index (κ2) is 8.97. The van der Waals surface area contributed by atoms with Crippen LogP contribution in [-0.2, 0) is 13.0 Å². The summed E-state index contributed by atoms with van der Waals surface area (Å²) in [7, 11) is 0. The zero-order chi connectivity index (χ0) is 17.5. The fraction of sp³-hybridized carbons (Fsp3) is 0.381. The van der Waals surface area contributed by atoms with Crippen LogP contribution in [0.1, 0.15) is 30.9 Å². The van der Waals surface area contributed by atoms with Crippen molar-refractivity contribution < 1.29 is 0 Å². The van der Waals surface area contributed by atoms with Crippen molar-refractivity contribution in [3.05, 3.63) is 65.7 Å². The van der Waals surface area contributed by atoms with Gasteiger partial charge in [0.2, 0.25) is 0 Å². The first-order valence-corrected chi connectivity index (χ1v) is 9.57. The first-order valence-electron chi connectivity index (χ1n) is 9.16. The minimum atomic E-state index is 0.459. The molecular weight excluding hydrogens is 326 g/mol. The van der Waals surface area contributed by atoms with Crippen LogP contribution in [0.25, 0.3) is 0 Å². The largest absolute Gasteiger partial charge is 0.360 e. The maximum atomic E-state index is 5.52. The van der Waals surface area contributed by atoms with E-state index >= 15 is 0 Å². The van der Waals surface area contributed by atoms with Crippen molar-refractivity contribution in [1.29, 1.82) is 0 Å². The van der Waals surface area contributed by atoms with E-state index in [2.05, 4.69) is 71.0 Å². The van der Waals surface area contributed by atoms with Gasteiger partial charge in [-0.15, -0.1) is 0 Å². The second-order valence-corrected chi connectivity index (χ2v) is 7.05. The lowest BCUT2D eigenvalue weighted by atomic mass is 10.0. The highest BCUT2D eigenvalue weighted by Gasteiger charge is 2.19. The SMILES string of the molecule is CCc1ccccc1NC(=S)NC1CCN(Cc2ccccc2)CC1. The van der Waals surface area contributed by atoms with Gasteiger partial charge in [-0.2, -0.15) is 0 Å². The van der Waals surface area contributed by atoms with Crippen LogP contribution in [0.15, 0.2) is 54.6 Å². The molecule has 0 amide bonds. The predicted octanol–water partition coefficient (Wildman–Crippen LogP) is 4.20. The van der Waals surface area contributed by atoms with Crippen molar-refractivity contribution in [2.75, 3.05) is 18.4 Å². The Morgan fingerprint density at radius 1 is 1.04 bits per heavy atom. The molecule has 132 valence electrons. The minimum Gasteiger partial charge on any atom is -0.360 e. The standard InChI is InChI=1S/C21H27N3S/c1-2-18-10-6-7-11-20(18)23-21(25)22-19-12-14-24(15-13-19)16-17-8-4-3-5-9-17/h3-11,19H,2,12-16H2,1H3,(H2,22,23,25). The van der Waals surface area contributed by atoms with Gasteiger partial charge in [0.15, 0.2) is 5.11 Å². The first kappa shape index (κ1) is 17.9. The molecule has 1 aliphatic heterocycles. The third kappa shape index (κ3) is 5.28. The Hall–Kier alpha value is -1.91. The number of likely N-dealkylation sites (tertiary alicyclic amines) is 1. The Morgan fingerprint density at radius 2 is 1.72 bits per heavy atom. The van der Waals surface area contributed by atoms with Crippen LogP contribution in [0, 0.1) is 0 Å². The first-order chi connectivity index (χ1) is 12.2. The Bertz CT molecular complexity index is 679. The molecule has 0 radical (unpaired) electrons. The zero-order valence-corrected chi connectivity index (χ0v) is 15.7. The lowest BCUT2D eigenvalue weighted by Crippen LogP contribution is -2.45. The summed E-state index contributed by atoms with van der Waals surface area (Å²) >= 11 is 5.52. The van der Waals surface area contributed by atoms with Gasteiger partial charge in [-0.05, 0) is 48.7 Å². The summed E-state index contributed by atoms with van der Waals surface area (Å²) in [4.78, 5) is 2.52. The Balaban J connectivity index is 1.45. The van der Waals surface area contributed by atoms with E-state index in [1.807, 2.05) is 6.07 Å². The molecule has 0 aliphatic carbocycles. The molecule has 0 aromatic heterocycles. The predicted molar refractivity (Wildman–Crippen MR) is 110 cm³/mol. The van der Waals surface area contributed by atoms with Crippen molar-refractivity contribution in [1.82, 2.24) is 10.2 Å². The van der Waals surface area contributed by atoms with E-state index in [0.717, 1.165) is 49.7 Å². The summed E-state index contributed by atoms with van der Waals surface area (Å²) in [5.41, 5.74) is 3.80. The highest BCUT2D eigenvalue weighted by Crippen LogP contribution is 2.17. The highest BCUT2D eigenvalue weighted by molar-refractivity contribution is 7.80. The molecule has 0 bridgehead atoms. The molecule has 2 aromatic rings. The fourth-order valence-electron chi connectivity index (χ4n) is 3.37. The molecule has 1 heterocycles. The lowest BCUT2D eigenvalue weighted by molar-refractivity contribution is 0.199. The van der Waals surface area contributed by atoms with E-state index in [4.69, 9.17) is 12.2 Å². The summed E-state index contributed by atoms with van der Waals surface area (Å²) in [5.74, 6) is 0. The Kier molecular flexibility index (Phi) is 6.42. The summed E-state index contributed by atoms with van der Waals surface area (Å²) in [5, 5.41) is 7.60. The molecule has 1 aliphatic rings. The molecular formula is C21H27N3S. The molecule has 0 unspecified atom stereocenters. The molecule has 0 spiro atoms. The number of hydrogen-bond acceptors (Lipinski definition) is 2. The van der Waals surface area contributed by atoms with Crippen LogP contribution < -0.4 is 10.6 Å². The molecule has 1 fully saturated rings. The number of benzene rings is 2. The van der Waals surface area contributed by atoms with Crippen LogP contribution in [0.2, 0.25) is 0 Å². The monoisotopic (exact) mass is 353 g/mol. The van der Waals surface area contributed by atoms with Crippen LogP contribution >= 0.6 is 12.2 Å². The molecule has 3 nitrogen and oxygen atoms in total. The third-order valence-electron chi connectivity index (χ3n) is 4.82. The molecule has 4 heteroatoms. The normalized spacial score (nSPS) is 15.7. The maximum Gasteiger partial charge on any atom is 0.171 e. The van der Waals surface area contributed by atoms with Gasteiger partial charge in [0.1, 0.15) is 0 Å². The molecule has 2 aromatic carbocycles. The van der Waals surface area contributed by atoms with Gasteiger partial charge in [-0.3, -0.25) is 4.90 Å². The average Bonchev–Trinajstić information content (AvgIpc) is 2.64. The fourth-order valence-corrected chi connectivity index (χ4v) is 3.65.